The topological polar surface area (TPSA) is 43.2 Å². The van der Waals surface area contributed by atoms with Gasteiger partial charge in [-0.2, -0.15) is 0 Å². The van der Waals surface area contributed by atoms with Crippen molar-refractivity contribution in [2.24, 2.45) is 0 Å². The smallest absolute Gasteiger partial charge is 0.151 e. The van der Waals surface area contributed by atoms with Crippen molar-refractivity contribution in [3.05, 3.63) is 75.8 Å². The molecular weight excluding hydrogens is 396 g/mol. The molecule has 1 spiro atoms. The zero-order valence-electron chi connectivity index (χ0n) is 17.1. The molecule has 3 heterocycles. The SMILES string of the molecule is CN1Cc2cc(Cl)ccc2-n2c(nnc2[C@H]2CC[C@]3(CC2)OCc2ccccc23)C1. The van der Waals surface area contributed by atoms with Crippen molar-refractivity contribution in [1.82, 2.24) is 19.7 Å². The second-order valence-corrected chi connectivity index (χ2v) is 9.41. The maximum absolute atomic E-state index is 6.37. The minimum atomic E-state index is -0.111. The minimum absolute atomic E-state index is 0.111. The molecule has 2 aromatic carbocycles. The van der Waals surface area contributed by atoms with Crippen LogP contribution in [0.4, 0.5) is 0 Å². The molecule has 0 atom stereocenters. The number of fused-ring (bicyclic) bond motifs is 5. The fraction of sp³-hybridized carbons (Fsp3) is 0.417. The zero-order valence-corrected chi connectivity index (χ0v) is 17.9. The van der Waals surface area contributed by atoms with Gasteiger partial charge in [0.15, 0.2) is 5.82 Å². The van der Waals surface area contributed by atoms with E-state index in [1.165, 1.54) is 22.4 Å². The Hall–Kier alpha value is -2.21. The molecule has 1 saturated carbocycles. The maximum Gasteiger partial charge on any atom is 0.151 e. The van der Waals surface area contributed by atoms with Gasteiger partial charge in [0.2, 0.25) is 0 Å². The summed E-state index contributed by atoms with van der Waals surface area (Å²) in [6.07, 6.45) is 4.19. The summed E-state index contributed by atoms with van der Waals surface area (Å²) in [6, 6.07) is 14.9. The highest BCUT2D eigenvalue weighted by Crippen LogP contribution is 2.50. The van der Waals surface area contributed by atoms with Crippen molar-refractivity contribution < 1.29 is 4.74 Å². The van der Waals surface area contributed by atoms with Gasteiger partial charge in [-0.05, 0) is 67.6 Å². The normalized spacial score (nSPS) is 25.6. The van der Waals surface area contributed by atoms with Gasteiger partial charge in [-0.1, -0.05) is 35.9 Å². The molecule has 1 fully saturated rings. The van der Waals surface area contributed by atoms with E-state index in [0.717, 1.165) is 62.1 Å². The molecule has 0 radical (unpaired) electrons. The Kier molecular flexibility index (Phi) is 4.27. The first-order valence-corrected chi connectivity index (χ1v) is 11.1. The van der Waals surface area contributed by atoms with Gasteiger partial charge < -0.3 is 4.74 Å². The molecule has 0 amide bonds. The third-order valence-electron chi connectivity index (χ3n) is 7.06. The van der Waals surface area contributed by atoms with E-state index in [1.54, 1.807) is 0 Å². The lowest BCUT2D eigenvalue weighted by molar-refractivity contribution is -0.0674. The highest BCUT2D eigenvalue weighted by molar-refractivity contribution is 6.30. The zero-order chi connectivity index (χ0) is 20.3. The van der Waals surface area contributed by atoms with Gasteiger partial charge in [0, 0.05) is 17.5 Å². The molecule has 0 unspecified atom stereocenters. The molecule has 30 heavy (non-hydrogen) atoms. The van der Waals surface area contributed by atoms with Crippen LogP contribution in [0.2, 0.25) is 5.02 Å². The van der Waals surface area contributed by atoms with Gasteiger partial charge in [0.05, 0.1) is 24.4 Å². The lowest BCUT2D eigenvalue weighted by Crippen LogP contribution is -2.31. The van der Waals surface area contributed by atoms with Crippen LogP contribution in [0, 0.1) is 0 Å². The quantitative estimate of drug-likeness (QED) is 0.558. The van der Waals surface area contributed by atoms with E-state index in [9.17, 15) is 0 Å². The van der Waals surface area contributed by atoms with Crippen molar-refractivity contribution in [1.29, 1.82) is 0 Å². The molecule has 3 aromatic rings. The van der Waals surface area contributed by atoms with Crippen molar-refractivity contribution >= 4 is 11.6 Å². The van der Waals surface area contributed by atoms with E-state index in [1.807, 2.05) is 6.07 Å². The predicted octanol–water partition coefficient (Wildman–Crippen LogP) is 4.95. The second kappa shape index (κ2) is 6.91. The average Bonchev–Trinajstić information content (AvgIpc) is 3.28. The first-order valence-electron chi connectivity index (χ1n) is 10.8. The van der Waals surface area contributed by atoms with Crippen molar-refractivity contribution in [3.63, 3.8) is 0 Å². The fourth-order valence-corrected chi connectivity index (χ4v) is 5.78. The number of aromatic nitrogens is 3. The first-order chi connectivity index (χ1) is 14.6. The molecule has 1 aromatic heterocycles. The van der Waals surface area contributed by atoms with E-state index in [-0.39, 0.29) is 5.60 Å². The molecule has 6 heteroatoms. The second-order valence-electron chi connectivity index (χ2n) is 8.97. The summed E-state index contributed by atoms with van der Waals surface area (Å²) >= 11 is 6.30. The van der Waals surface area contributed by atoms with Gasteiger partial charge in [-0.15, -0.1) is 10.2 Å². The summed E-state index contributed by atoms with van der Waals surface area (Å²) in [5.41, 5.74) is 5.03. The Labute approximate surface area is 181 Å². The van der Waals surface area contributed by atoms with E-state index >= 15 is 0 Å². The summed E-state index contributed by atoms with van der Waals surface area (Å²) < 4.78 is 8.66. The van der Waals surface area contributed by atoms with Gasteiger partial charge in [-0.3, -0.25) is 9.47 Å². The van der Waals surface area contributed by atoms with Crippen LogP contribution in [0.25, 0.3) is 5.69 Å². The number of nitrogens with zero attached hydrogens (tertiary/aromatic N) is 4. The maximum atomic E-state index is 6.37. The Morgan fingerprint density at radius 3 is 2.73 bits per heavy atom. The van der Waals surface area contributed by atoms with E-state index in [0.29, 0.717) is 5.92 Å². The van der Waals surface area contributed by atoms with Gasteiger partial charge >= 0.3 is 0 Å². The van der Waals surface area contributed by atoms with Crippen LogP contribution in [-0.4, -0.2) is 26.7 Å². The Morgan fingerprint density at radius 2 is 1.87 bits per heavy atom. The minimum Gasteiger partial charge on any atom is -0.366 e. The molecule has 3 aliphatic rings. The lowest BCUT2D eigenvalue weighted by Gasteiger charge is -2.37. The van der Waals surface area contributed by atoms with Crippen molar-refractivity contribution in [2.75, 3.05) is 7.05 Å². The fourth-order valence-electron chi connectivity index (χ4n) is 5.59. The summed E-state index contributed by atoms with van der Waals surface area (Å²) in [5, 5.41) is 10.1. The number of hydrogen-bond donors (Lipinski definition) is 0. The Morgan fingerprint density at radius 1 is 1.03 bits per heavy atom. The Bertz CT molecular complexity index is 1120. The number of rotatable bonds is 1. The molecule has 0 saturated heterocycles. The highest BCUT2D eigenvalue weighted by Gasteiger charge is 2.44. The summed E-state index contributed by atoms with van der Waals surface area (Å²) in [6.45, 7) is 2.38. The lowest BCUT2D eigenvalue weighted by atomic mass is 9.74. The van der Waals surface area contributed by atoms with Gasteiger partial charge in [0.25, 0.3) is 0 Å². The number of hydrogen-bond acceptors (Lipinski definition) is 4. The largest absolute Gasteiger partial charge is 0.366 e. The third-order valence-corrected chi connectivity index (χ3v) is 7.29. The number of halogens is 1. The molecule has 5 nitrogen and oxygen atoms in total. The van der Waals surface area contributed by atoms with Gasteiger partial charge in [-0.25, -0.2) is 0 Å². The van der Waals surface area contributed by atoms with Gasteiger partial charge in [0.1, 0.15) is 5.82 Å². The van der Waals surface area contributed by atoms with Crippen LogP contribution in [-0.2, 0) is 30.0 Å². The predicted molar refractivity (Wildman–Crippen MR) is 116 cm³/mol. The monoisotopic (exact) mass is 420 g/mol. The van der Waals surface area contributed by atoms with E-state index in [4.69, 9.17) is 21.4 Å². The van der Waals surface area contributed by atoms with Crippen molar-refractivity contribution in [3.8, 4) is 5.69 Å². The first kappa shape index (κ1) is 18.6. The molecule has 2 aliphatic heterocycles. The summed E-state index contributed by atoms with van der Waals surface area (Å²) in [5.74, 6) is 2.49. The number of benzene rings is 2. The van der Waals surface area contributed by atoms with Crippen LogP contribution in [0.3, 0.4) is 0 Å². The summed E-state index contributed by atoms with van der Waals surface area (Å²) in [7, 11) is 2.12. The molecule has 0 N–H and O–H groups in total. The number of ether oxygens (including phenoxy) is 1. The average molecular weight is 421 g/mol. The van der Waals surface area contributed by atoms with E-state index in [2.05, 4.69) is 58.0 Å². The highest BCUT2D eigenvalue weighted by atomic mass is 35.5. The standard InChI is InChI=1S/C24H25ClN4O/c1-28-13-18-12-19(25)6-7-21(18)29-22(14-28)26-27-23(29)16-8-10-24(11-9-16)20-5-3-2-4-17(20)15-30-24/h2-7,12,16H,8-11,13-15H2,1H3/t16-,24+. The molecular formula is C24H25ClN4O. The third kappa shape index (κ3) is 2.83. The van der Waals surface area contributed by atoms with Crippen LogP contribution in [0.1, 0.15) is 59.9 Å². The van der Waals surface area contributed by atoms with Crippen molar-refractivity contribution in [2.45, 2.75) is 56.9 Å². The van der Waals surface area contributed by atoms with E-state index < -0.39 is 0 Å². The Balaban J connectivity index is 1.34. The van der Waals surface area contributed by atoms with Crippen LogP contribution < -0.4 is 0 Å². The molecule has 0 bridgehead atoms. The summed E-state index contributed by atoms with van der Waals surface area (Å²) in [4.78, 5) is 2.27. The van der Waals surface area contributed by atoms with Crippen LogP contribution in [0.5, 0.6) is 0 Å². The molecule has 154 valence electrons. The van der Waals surface area contributed by atoms with Crippen LogP contribution >= 0.6 is 11.6 Å². The molecule has 6 rings (SSSR count). The van der Waals surface area contributed by atoms with Crippen LogP contribution in [0.15, 0.2) is 42.5 Å². The molecule has 1 aliphatic carbocycles.